The number of nitrogens with one attached hydrogen (secondary N) is 2. The van der Waals surface area contributed by atoms with Crippen LogP contribution in [-0.2, 0) is 20.7 Å². The van der Waals surface area contributed by atoms with Gasteiger partial charge in [0, 0.05) is 12.2 Å². The number of nitrogens with zero attached hydrogens (tertiary/aromatic N) is 1. The number of fused-ring (bicyclic) bond motifs is 1. The average molecular weight is 334 g/mol. The van der Waals surface area contributed by atoms with E-state index in [9.17, 15) is 14.4 Å². The molecule has 1 aromatic carbocycles. The van der Waals surface area contributed by atoms with E-state index in [2.05, 4.69) is 10.1 Å². The maximum absolute atomic E-state index is 12.6. The van der Waals surface area contributed by atoms with Crippen LogP contribution in [0.3, 0.4) is 0 Å². The summed E-state index contributed by atoms with van der Waals surface area (Å²) in [6, 6.07) is 7.86. The van der Waals surface area contributed by atoms with Crippen LogP contribution in [0.15, 0.2) is 24.3 Å². The average Bonchev–Trinajstić information content (AvgIpc) is 2.98. The number of benzene rings is 1. The number of carbonyl (C=O) groups is 3. The lowest BCUT2D eigenvalue weighted by molar-refractivity contribution is -0.881. The van der Waals surface area contributed by atoms with E-state index in [0.29, 0.717) is 13.1 Å². The number of hydrogen-bond acceptors (Lipinski definition) is 4. The molecule has 1 aliphatic heterocycles. The van der Waals surface area contributed by atoms with Crippen LogP contribution in [0.25, 0.3) is 0 Å². The number of amides is 3. The van der Waals surface area contributed by atoms with E-state index >= 15 is 0 Å². The number of para-hydroxylation sites is 1. The fraction of sp³-hybridized carbons (Fsp3) is 0.471. The Morgan fingerprint density at radius 2 is 1.96 bits per heavy atom. The monoisotopic (exact) mass is 334 g/mol. The van der Waals surface area contributed by atoms with E-state index in [0.717, 1.165) is 17.0 Å². The zero-order valence-corrected chi connectivity index (χ0v) is 14.1. The Morgan fingerprint density at radius 1 is 1.21 bits per heavy atom. The number of rotatable bonds is 6. The first kappa shape index (κ1) is 17.9. The van der Waals surface area contributed by atoms with Crippen molar-refractivity contribution in [3.05, 3.63) is 29.8 Å². The van der Waals surface area contributed by atoms with Crippen LogP contribution in [0, 0.1) is 0 Å². The normalized spacial score (nSPS) is 14.0. The van der Waals surface area contributed by atoms with Gasteiger partial charge in [-0.25, -0.2) is 4.79 Å². The van der Waals surface area contributed by atoms with Crippen molar-refractivity contribution < 1.29 is 24.0 Å². The number of likely N-dealkylation sites (N-methyl/N-ethyl adjacent to an activating group) is 1. The first-order chi connectivity index (χ1) is 11.5. The number of anilines is 1. The zero-order valence-electron chi connectivity index (χ0n) is 14.1. The van der Waals surface area contributed by atoms with E-state index < -0.39 is 12.0 Å². The molecule has 1 aliphatic rings. The van der Waals surface area contributed by atoms with Crippen molar-refractivity contribution in [1.29, 1.82) is 0 Å². The van der Waals surface area contributed by atoms with Gasteiger partial charge in [-0.1, -0.05) is 18.2 Å². The summed E-state index contributed by atoms with van der Waals surface area (Å²) >= 11 is 0. The molecule has 2 rings (SSSR count). The largest absolute Gasteiger partial charge is 0.450 e. The van der Waals surface area contributed by atoms with Crippen molar-refractivity contribution in [2.75, 3.05) is 37.7 Å². The van der Waals surface area contributed by atoms with Crippen molar-refractivity contribution in [1.82, 2.24) is 5.32 Å². The summed E-state index contributed by atoms with van der Waals surface area (Å²) in [7, 11) is 0. The van der Waals surface area contributed by atoms with Crippen LogP contribution in [-0.4, -0.2) is 50.7 Å². The second kappa shape index (κ2) is 8.44. The predicted molar refractivity (Wildman–Crippen MR) is 88.9 cm³/mol. The molecule has 1 heterocycles. The van der Waals surface area contributed by atoms with Crippen LogP contribution in [0.4, 0.5) is 10.5 Å². The van der Waals surface area contributed by atoms with Gasteiger partial charge in [-0.3, -0.25) is 14.9 Å². The summed E-state index contributed by atoms with van der Waals surface area (Å²) in [5.41, 5.74) is 2.12. The Hall–Kier alpha value is -2.41. The maximum Gasteiger partial charge on any atom is 0.414 e. The summed E-state index contributed by atoms with van der Waals surface area (Å²) in [5.74, 6) is -0.458. The van der Waals surface area contributed by atoms with Crippen LogP contribution in [0.1, 0.15) is 19.4 Å². The van der Waals surface area contributed by atoms with Crippen molar-refractivity contribution >= 4 is 23.6 Å². The standard InChI is InChI=1S/C17H23N3O4/c1-3-19(11-15(21)18-17(23)24-4-2)12-16(22)20-10-9-13-7-5-6-8-14(13)20/h5-8H,3-4,9-12H2,1-2H3,(H,18,21,23)/p+1. The molecule has 1 atom stereocenters. The molecule has 0 saturated carbocycles. The summed E-state index contributed by atoms with van der Waals surface area (Å²) in [6.45, 7) is 5.31. The second-order valence-electron chi connectivity index (χ2n) is 5.65. The van der Waals surface area contributed by atoms with Gasteiger partial charge in [-0.15, -0.1) is 0 Å². The van der Waals surface area contributed by atoms with E-state index in [1.165, 1.54) is 5.56 Å². The molecule has 3 amide bonds. The van der Waals surface area contributed by atoms with Gasteiger partial charge >= 0.3 is 6.09 Å². The number of hydrogen-bond donors (Lipinski definition) is 2. The van der Waals surface area contributed by atoms with E-state index in [1.807, 2.05) is 31.2 Å². The minimum Gasteiger partial charge on any atom is -0.450 e. The van der Waals surface area contributed by atoms with Crippen LogP contribution in [0.5, 0.6) is 0 Å². The number of ether oxygens (including phenoxy) is 1. The predicted octanol–water partition coefficient (Wildman–Crippen LogP) is -0.247. The third kappa shape index (κ3) is 4.55. The highest BCUT2D eigenvalue weighted by Gasteiger charge is 2.27. The molecule has 7 heteroatoms. The minimum absolute atomic E-state index is 0.0132. The lowest BCUT2D eigenvalue weighted by Crippen LogP contribution is -3.14. The molecule has 2 N–H and O–H groups in total. The van der Waals surface area contributed by atoms with Gasteiger partial charge in [0.1, 0.15) is 0 Å². The fourth-order valence-corrected chi connectivity index (χ4v) is 2.77. The van der Waals surface area contributed by atoms with Gasteiger partial charge in [0.05, 0.1) is 13.2 Å². The van der Waals surface area contributed by atoms with Gasteiger partial charge in [0.25, 0.3) is 11.8 Å². The lowest BCUT2D eigenvalue weighted by Gasteiger charge is -2.21. The van der Waals surface area contributed by atoms with Gasteiger partial charge in [0.2, 0.25) is 0 Å². The first-order valence-electron chi connectivity index (χ1n) is 8.23. The summed E-state index contributed by atoms with van der Waals surface area (Å²) in [6.07, 6.45) is 0.102. The lowest BCUT2D eigenvalue weighted by atomic mass is 10.2. The highest BCUT2D eigenvalue weighted by atomic mass is 16.5. The number of quaternary nitrogens is 1. The number of carbonyl (C=O) groups excluding carboxylic acids is 3. The third-order valence-electron chi connectivity index (χ3n) is 4.02. The van der Waals surface area contributed by atoms with Crippen molar-refractivity contribution in [3.8, 4) is 0 Å². The van der Waals surface area contributed by atoms with E-state index in [1.54, 1.807) is 11.8 Å². The summed E-state index contributed by atoms with van der Waals surface area (Å²) < 4.78 is 4.67. The van der Waals surface area contributed by atoms with Crippen molar-refractivity contribution in [3.63, 3.8) is 0 Å². The van der Waals surface area contributed by atoms with Crippen LogP contribution < -0.4 is 15.1 Å². The van der Waals surface area contributed by atoms with Gasteiger partial charge < -0.3 is 14.5 Å². The Kier molecular flexibility index (Phi) is 6.31. The molecule has 0 spiro atoms. The molecule has 0 aromatic heterocycles. The molecule has 0 bridgehead atoms. The Morgan fingerprint density at radius 3 is 2.67 bits per heavy atom. The Balaban J connectivity index is 1.90. The summed E-state index contributed by atoms with van der Waals surface area (Å²) in [4.78, 5) is 38.2. The minimum atomic E-state index is -0.752. The molecule has 0 saturated heterocycles. The van der Waals surface area contributed by atoms with Gasteiger partial charge in [-0.2, -0.15) is 0 Å². The molecule has 24 heavy (non-hydrogen) atoms. The number of alkyl carbamates (subject to hydrolysis) is 1. The van der Waals surface area contributed by atoms with Crippen molar-refractivity contribution in [2.45, 2.75) is 20.3 Å². The SMILES string of the molecule is CCOC(=O)NC(=O)C[NH+](CC)CC(=O)N1CCc2ccccc21. The van der Waals surface area contributed by atoms with E-state index in [4.69, 9.17) is 0 Å². The van der Waals surface area contributed by atoms with Gasteiger partial charge in [-0.05, 0) is 31.9 Å². The van der Waals surface area contributed by atoms with Crippen molar-refractivity contribution in [2.24, 2.45) is 0 Å². The molecule has 0 fully saturated rings. The Bertz CT molecular complexity index is 618. The molecule has 0 radical (unpaired) electrons. The number of imide groups is 1. The van der Waals surface area contributed by atoms with E-state index in [-0.39, 0.29) is 25.6 Å². The quantitative estimate of drug-likeness (QED) is 0.752. The topological polar surface area (TPSA) is 80.1 Å². The first-order valence-corrected chi connectivity index (χ1v) is 8.23. The highest BCUT2D eigenvalue weighted by Crippen LogP contribution is 2.26. The molecular formula is C17H24N3O4+. The summed E-state index contributed by atoms with van der Waals surface area (Å²) in [5, 5.41) is 2.16. The molecule has 7 nitrogen and oxygen atoms in total. The molecule has 130 valence electrons. The molecule has 0 aliphatic carbocycles. The molecule has 1 unspecified atom stereocenters. The van der Waals surface area contributed by atoms with Crippen LogP contribution in [0.2, 0.25) is 0 Å². The highest BCUT2D eigenvalue weighted by molar-refractivity contribution is 5.96. The second-order valence-corrected chi connectivity index (χ2v) is 5.65. The molecule has 1 aromatic rings. The smallest absolute Gasteiger partial charge is 0.414 e. The molecular weight excluding hydrogens is 310 g/mol. The third-order valence-corrected chi connectivity index (χ3v) is 4.02. The maximum atomic E-state index is 12.6. The zero-order chi connectivity index (χ0) is 17.5. The fourth-order valence-electron chi connectivity index (χ4n) is 2.77. The van der Waals surface area contributed by atoms with Crippen LogP contribution >= 0.6 is 0 Å². The Labute approximate surface area is 141 Å². The van der Waals surface area contributed by atoms with Gasteiger partial charge in [0.15, 0.2) is 13.1 Å².